The third-order valence-corrected chi connectivity index (χ3v) is 9.63. The van der Waals surface area contributed by atoms with E-state index in [0.29, 0.717) is 16.5 Å². The van der Waals surface area contributed by atoms with Gasteiger partial charge in [0, 0.05) is 56.7 Å². The summed E-state index contributed by atoms with van der Waals surface area (Å²) in [5, 5.41) is 14.5. The molecule has 2 aliphatic rings. The lowest BCUT2D eigenvalue weighted by molar-refractivity contribution is -0.151. The molecule has 2 fully saturated rings. The lowest BCUT2D eigenvalue weighted by Crippen LogP contribution is -2.57. The number of likely N-dealkylation sites (tertiary alicyclic amines) is 1. The molecule has 3 N–H and O–H groups in total. The average Bonchev–Trinajstić information content (AvgIpc) is 3.81. The molecule has 2 saturated heterocycles. The van der Waals surface area contributed by atoms with Crippen LogP contribution in [0, 0.1) is 11.8 Å². The number of para-hydroxylation sites is 1. The summed E-state index contributed by atoms with van der Waals surface area (Å²) in [4.78, 5) is 75.1. The number of aromatic nitrogens is 5. The second-order valence-electron chi connectivity index (χ2n) is 12.2. The van der Waals surface area contributed by atoms with E-state index in [1.807, 2.05) is 0 Å². The molecule has 0 spiro atoms. The van der Waals surface area contributed by atoms with Crippen LogP contribution in [0.4, 0.5) is 13.2 Å². The number of aromatic amines is 1. The first kappa shape index (κ1) is 31.1. The number of hydrogen-bond donors (Lipinski definition) is 3. The minimum atomic E-state index is -4.71. The Morgan fingerprint density at radius 1 is 1.00 bits per heavy atom. The van der Waals surface area contributed by atoms with E-state index in [1.54, 1.807) is 30.5 Å². The number of hydrogen-bond acceptors (Lipinski definition) is 7. The molecule has 0 bridgehead atoms. The zero-order chi connectivity index (χ0) is 34.3. The number of carboxylic acids is 1. The number of nitrogens with zero attached hydrogens (tertiary/aromatic N) is 5. The monoisotopic (exact) mass is 663 g/mol. The van der Waals surface area contributed by atoms with Gasteiger partial charge in [-0.1, -0.05) is 30.3 Å². The summed E-state index contributed by atoms with van der Waals surface area (Å²) in [6.45, 7) is -0.411. The van der Waals surface area contributed by atoms with E-state index in [0.717, 1.165) is 21.6 Å². The number of aryl methyl sites for hydroxylation is 1. The summed E-state index contributed by atoms with van der Waals surface area (Å²) >= 11 is 0. The molecular weight excluding hydrogens is 635 g/mol. The van der Waals surface area contributed by atoms with Crippen LogP contribution in [0.3, 0.4) is 0 Å². The van der Waals surface area contributed by atoms with Gasteiger partial charge in [0.05, 0.1) is 23.7 Å². The molecule has 0 radical (unpaired) electrons. The van der Waals surface area contributed by atoms with Crippen LogP contribution < -0.4 is 16.6 Å². The Kier molecular flexibility index (Phi) is 6.98. The summed E-state index contributed by atoms with van der Waals surface area (Å²) in [5.74, 6) is -5.84. The Labute approximate surface area is 268 Å². The highest BCUT2D eigenvalue weighted by Crippen LogP contribution is 2.51. The molecule has 2 amide bonds. The number of alkyl halides is 3. The molecule has 0 aliphatic carbocycles. The number of fused-ring (bicyclic) bond motifs is 3. The highest BCUT2D eigenvalue weighted by Gasteiger charge is 2.68. The maximum absolute atomic E-state index is 14.2. The largest absolute Gasteiger partial charge is 0.480 e. The molecule has 7 rings (SSSR count). The van der Waals surface area contributed by atoms with Crippen molar-refractivity contribution in [1.82, 2.24) is 33.9 Å². The summed E-state index contributed by atoms with van der Waals surface area (Å²) < 4.78 is 44.7. The number of halogens is 3. The molecule has 3 aromatic heterocycles. The van der Waals surface area contributed by atoms with Crippen LogP contribution in [-0.4, -0.2) is 63.5 Å². The Hall–Kier alpha value is -5.51. The molecule has 5 heterocycles. The van der Waals surface area contributed by atoms with Gasteiger partial charge in [-0.25, -0.2) is 9.78 Å². The number of rotatable bonds is 7. The van der Waals surface area contributed by atoms with Gasteiger partial charge in [-0.05, 0) is 29.3 Å². The second kappa shape index (κ2) is 10.8. The standard InChI is InChI=1S/C32H28F3N7O6/c1-39-25-24(28(45)40(2)30(39)48)41(15-37-25)10-11-42-26(43)21-22(27(42)44)31(29(46)47,13-17-14-36-20-9-4-3-8-19(17)20)38-23(21)16-6-5-7-18(12-16)32(33,34)35/h3-9,12,14-15,21-23,36,38H,10-11,13H2,1-2H3,(H,46,47). The first-order valence-electron chi connectivity index (χ1n) is 14.9. The number of imidazole rings is 1. The second-order valence-corrected chi connectivity index (χ2v) is 12.2. The molecule has 5 aromatic rings. The summed E-state index contributed by atoms with van der Waals surface area (Å²) in [6, 6.07) is 10.1. The predicted molar refractivity (Wildman–Crippen MR) is 164 cm³/mol. The highest BCUT2D eigenvalue weighted by atomic mass is 19.4. The highest BCUT2D eigenvalue weighted by molar-refractivity contribution is 6.09. The third-order valence-electron chi connectivity index (χ3n) is 9.63. The van der Waals surface area contributed by atoms with Crippen LogP contribution in [-0.2, 0) is 47.6 Å². The van der Waals surface area contributed by atoms with Gasteiger partial charge in [-0.3, -0.25) is 38.5 Å². The van der Waals surface area contributed by atoms with Gasteiger partial charge in [0.25, 0.3) is 5.56 Å². The fraction of sp³-hybridized carbons (Fsp3) is 0.312. The van der Waals surface area contributed by atoms with Gasteiger partial charge in [-0.15, -0.1) is 0 Å². The SMILES string of the molecule is Cn1c(=O)c2c(ncn2CCN2C(=O)C3C(c4cccc(C(F)(F)F)c4)NC(Cc4c[nH]c5ccccc45)(C(=O)O)C3C2=O)n(C)c1=O. The van der Waals surface area contributed by atoms with Crippen molar-refractivity contribution in [2.24, 2.45) is 25.9 Å². The number of H-pyrrole nitrogens is 1. The topological polar surface area (TPSA) is 164 Å². The fourth-order valence-corrected chi connectivity index (χ4v) is 7.27. The third kappa shape index (κ3) is 4.50. The molecule has 248 valence electrons. The molecule has 2 aliphatic heterocycles. The summed E-state index contributed by atoms with van der Waals surface area (Å²) in [5.41, 5.74) is -2.89. The normalized spacial score (nSPS) is 22.7. The molecule has 16 heteroatoms. The Bertz CT molecular complexity index is 2290. The maximum Gasteiger partial charge on any atom is 0.416 e. The van der Waals surface area contributed by atoms with Crippen LogP contribution in [0.25, 0.3) is 22.1 Å². The van der Waals surface area contributed by atoms with Crippen molar-refractivity contribution in [1.29, 1.82) is 0 Å². The van der Waals surface area contributed by atoms with Crippen LogP contribution in [0.5, 0.6) is 0 Å². The lowest BCUT2D eigenvalue weighted by Gasteiger charge is -2.31. The van der Waals surface area contributed by atoms with E-state index >= 15 is 0 Å². The van der Waals surface area contributed by atoms with E-state index < -0.39 is 64.2 Å². The maximum atomic E-state index is 14.2. The molecule has 4 atom stereocenters. The van der Waals surface area contributed by atoms with Crippen LogP contribution in [0.2, 0.25) is 0 Å². The van der Waals surface area contributed by atoms with Gasteiger partial charge in [-0.2, -0.15) is 13.2 Å². The van der Waals surface area contributed by atoms with Crippen molar-refractivity contribution >= 4 is 39.9 Å². The van der Waals surface area contributed by atoms with Crippen LogP contribution >= 0.6 is 0 Å². The van der Waals surface area contributed by atoms with Gasteiger partial charge in [0.1, 0.15) is 5.54 Å². The number of carbonyl (C=O) groups excluding carboxylic acids is 2. The number of amides is 2. The predicted octanol–water partition coefficient (Wildman–Crippen LogP) is 1.95. The zero-order valence-corrected chi connectivity index (χ0v) is 25.5. The minimum Gasteiger partial charge on any atom is -0.480 e. The number of benzene rings is 2. The van der Waals surface area contributed by atoms with E-state index in [-0.39, 0.29) is 36.2 Å². The Morgan fingerprint density at radius 3 is 2.48 bits per heavy atom. The molecule has 48 heavy (non-hydrogen) atoms. The van der Waals surface area contributed by atoms with E-state index in [9.17, 15) is 42.3 Å². The van der Waals surface area contributed by atoms with Crippen molar-refractivity contribution in [3.05, 3.63) is 98.6 Å². The Morgan fingerprint density at radius 2 is 1.75 bits per heavy atom. The number of aliphatic carboxylic acids is 1. The van der Waals surface area contributed by atoms with Crippen molar-refractivity contribution < 1.29 is 32.7 Å². The van der Waals surface area contributed by atoms with Gasteiger partial charge in [0.2, 0.25) is 11.8 Å². The number of carbonyl (C=O) groups is 3. The van der Waals surface area contributed by atoms with Crippen LogP contribution in [0.1, 0.15) is 22.7 Å². The quantitative estimate of drug-likeness (QED) is 0.223. The number of nitrogens with one attached hydrogen (secondary N) is 2. The summed E-state index contributed by atoms with van der Waals surface area (Å²) in [6.07, 6.45) is -2.06. The average molecular weight is 664 g/mol. The van der Waals surface area contributed by atoms with E-state index in [1.165, 1.54) is 41.7 Å². The van der Waals surface area contributed by atoms with E-state index in [4.69, 9.17) is 0 Å². The van der Waals surface area contributed by atoms with E-state index in [2.05, 4.69) is 15.3 Å². The van der Waals surface area contributed by atoms with Crippen molar-refractivity contribution in [2.75, 3.05) is 6.54 Å². The van der Waals surface area contributed by atoms with Gasteiger partial charge in [0.15, 0.2) is 11.2 Å². The summed E-state index contributed by atoms with van der Waals surface area (Å²) in [7, 11) is 2.74. The first-order chi connectivity index (χ1) is 22.7. The van der Waals surface area contributed by atoms with Gasteiger partial charge >= 0.3 is 17.8 Å². The van der Waals surface area contributed by atoms with Crippen molar-refractivity contribution in [3.8, 4) is 0 Å². The first-order valence-corrected chi connectivity index (χ1v) is 14.9. The Balaban J connectivity index is 1.31. The smallest absolute Gasteiger partial charge is 0.416 e. The molecule has 4 unspecified atom stereocenters. The minimum absolute atomic E-state index is 0.00916. The molecular formula is C32H28F3N7O6. The van der Waals surface area contributed by atoms with Crippen molar-refractivity contribution in [2.45, 2.75) is 30.7 Å². The van der Waals surface area contributed by atoms with Crippen molar-refractivity contribution in [3.63, 3.8) is 0 Å². The zero-order valence-electron chi connectivity index (χ0n) is 25.5. The molecule has 2 aromatic carbocycles. The number of imide groups is 1. The lowest BCUT2D eigenvalue weighted by atomic mass is 9.76. The van der Waals surface area contributed by atoms with Gasteiger partial charge < -0.3 is 14.7 Å². The van der Waals surface area contributed by atoms with Crippen LogP contribution in [0.15, 0.2) is 70.6 Å². The number of carboxylic acid groups (broad SMARTS) is 1. The fourth-order valence-electron chi connectivity index (χ4n) is 7.27. The molecule has 0 saturated carbocycles. The molecule has 13 nitrogen and oxygen atoms in total.